The van der Waals surface area contributed by atoms with Crippen LogP contribution in [0, 0.1) is 16.7 Å². The maximum absolute atomic E-state index is 8.62. The smallest absolute Gasteiger partial charge is 0.238 e. The molecule has 1 aliphatic carbocycles. The van der Waals surface area contributed by atoms with Crippen molar-refractivity contribution >= 4 is 17.9 Å². The van der Waals surface area contributed by atoms with Gasteiger partial charge in [-0.05, 0) is 32.1 Å². The average Bonchev–Trinajstić information content (AvgIpc) is 2.84. The second kappa shape index (κ2) is 9.70. The van der Waals surface area contributed by atoms with Crippen molar-refractivity contribution in [3.05, 3.63) is 23.5 Å². The van der Waals surface area contributed by atoms with E-state index in [1.165, 1.54) is 50.2 Å². The Kier molecular flexibility index (Phi) is 7.21. The van der Waals surface area contributed by atoms with E-state index in [-0.39, 0.29) is 0 Å². The van der Waals surface area contributed by atoms with Gasteiger partial charge in [0, 0.05) is 12.8 Å². The first-order valence-corrected chi connectivity index (χ1v) is 8.32. The third-order valence-electron chi connectivity index (χ3n) is 4.03. The first kappa shape index (κ1) is 17.1. The number of nitrogens with zero attached hydrogens (tertiary/aromatic N) is 3. The summed E-state index contributed by atoms with van der Waals surface area (Å²) < 4.78 is 0. The van der Waals surface area contributed by atoms with Gasteiger partial charge in [0.05, 0.1) is 19.0 Å². The third-order valence-corrected chi connectivity index (χ3v) is 4.03. The van der Waals surface area contributed by atoms with E-state index < -0.39 is 0 Å². The first-order valence-electron chi connectivity index (χ1n) is 8.32. The maximum atomic E-state index is 8.62. The number of aromatic nitrogens is 2. The van der Waals surface area contributed by atoms with Crippen LogP contribution in [-0.2, 0) is 0 Å². The summed E-state index contributed by atoms with van der Waals surface area (Å²) in [6.45, 7) is 1.46. The van der Waals surface area contributed by atoms with Crippen molar-refractivity contribution in [2.24, 2.45) is 0 Å². The molecular weight excluding hydrogens is 288 g/mol. The molecule has 4 N–H and O–H groups in total. The number of allylic oxidation sites excluding steroid dienone is 1. The lowest BCUT2D eigenvalue weighted by Crippen LogP contribution is -2.79. The Bertz CT molecular complexity index is 587. The fourth-order valence-corrected chi connectivity index (χ4v) is 2.78. The fourth-order valence-electron chi connectivity index (χ4n) is 2.78. The van der Waals surface area contributed by atoms with E-state index in [2.05, 4.69) is 27.4 Å². The highest BCUT2D eigenvalue weighted by Gasteiger charge is 2.12. The molecule has 0 saturated carbocycles. The van der Waals surface area contributed by atoms with E-state index in [9.17, 15) is 0 Å². The number of nitriles is 1. The summed E-state index contributed by atoms with van der Waals surface area (Å²) in [5.74, 6) is 1.42. The van der Waals surface area contributed by atoms with Crippen LogP contribution in [0.3, 0.4) is 0 Å². The van der Waals surface area contributed by atoms with Gasteiger partial charge >= 0.3 is 0 Å². The average molecular weight is 313 g/mol. The minimum Gasteiger partial charge on any atom is -0.369 e. The van der Waals surface area contributed by atoms with Gasteiger partial charge in [0.15, 0.2) is 0 Å². The Hall–Kier alpha value is -2.26. The van der Waals surface area contributed by atoms with E-state index in [1.807, 2.05) is 5.32 Å². The zero-order chi connectivity index (χ0) is 16.3. The predicted molar refractivity (Wildman–Crippen MR) is 90.9 cm³/mol. The quantitative estimate of drug-likeness (QED) is 0.389. The van der Waals surface area contributed by atoms with Gasteiger partial charge in [0.1, 0.15) is 17.7 Å². The number of hydrogen-bond acceptors (Lipinski definition) is 5. The van der Waals surface area contributed by atoms with Gasteiger partial charge in [-0.15, -0.1) is 0 Å². The number of anilines is 1. The van der Waals surface area contributed by atoms with Gasteiger partial charge in [-0.2, -0.15) is 10.2 Å². The monoisotopic (exact) mass is 313 g/mol. The molecule has 0 atom stereocenters. The molecular formula is C17H25N6+. The lowest BCUT2D eigenvalue weighted by atomic mass is 10.1. The molecule has 6 nitrogen and oxygen atoms in total. The van der Waals surface area contributed by atoms with Crippen molar-refractivity contribution in [2.75, 3.05) is 18.4 Å². The Morgan fingerprint density at radius 1 is 1.35 bits per heavy atom. The number of rotatable bonds is 8. The molecule has 0 fully saturated rings. The minimum absolute atomic E-state index is 0.457. The fraction of sp³-hybridized carbons (Fsp3) is 0.529. The Morgan fingerprint density at radius 2 is 2.26 bits per heavy atom. The van der Waals surface area contributed by atoms with Gasteiger partial charge in [0.2, 0.25) is 5.82 Å². The molecule has 0 spiro atoms. The number of hydrogen-bond donors (Lipinski definition) is 3. The standard InChI is InChI=1S/C17H24N6/c18-9-5-10-20-16-15(12-19)17(23-13-22-16)21-11-8-14-6-3-1-2-4-7-14/h6,12-13,19H,1-5,7-8,10-11H2,(H2,20,21,22,23)/p+1. The topological polar surface area (TPSA) is 102 Å². The van der Waals surface area contributed by atoms with Crippen molar-refractivity contribution in [2.45, 2.75) is 44.9 Å². The summed E-state index contributed by atoms with van der Waals surface area (Å²) in [6, 6.07) is 2.11. The molecule has 2 rings (SSSR count). The van der Waals surface area contributed by atoms with Gasteiger partial charge in [0.25, 0.3) is 0 Å². The van der Waals surface area contributed by atoms with E-state index in [4.69, 9.17) is 10.7 Å². The molecule has 0 amide bonds. The van der Waals surface area contributed by atoms with Crippen LogP contribution in [0.2, 0.25) is 0 Å². The molecule has 1 aromatic heterocycles. The van der Waals surface area contributed by atoms with Crippen molar-refractivity contribution in [3.8, 4) is 6.07 Å². The normalized spacial score (nSPS) is 14.5. The number of quaternary nitrogens is 1. The molecule has 6 heteroatoms. The van der Waals surface area contributed by atoms with Crippen LogP contribution in [0.25, 0.3) is 0 Å². The molecule has 23 heavy (non-hydrogen) atoms. The Labute approximate surface area is 137 Å². The summed E-state index contributed by atoms with van der Waals surface area (Å²) in [5, 5.41) is 21.5. The van der Waals surface area contributed by atoms with Crippen molar-refractivity contribution < 1.29 is 5.32 Å². The Morgan fingerprint density at radius 3 is 3.09 bits per heavy atom. The summed E-state index contributed by atoms with van der Waals surface area (Å²) in [4.78, 5) is 8.48. The van der Waals surface area contributed by atoms with E-state index >= 15 is 0 Å². The van der Waals surface area contributed by atoms with Crippen molar-refractivity contribution in [1.82, 2.24) is 9.97 Å². The zero-order valence-electron chi connectivity index (χ0n) is 13.5. The number of nitrogens with two attached hydrogens (primary N) is 1. The first-order chi connectivity index (χ1) is 11.3. The predicted octanol–water partition coefficient (Wildman–Crippen LogP) is 2.28. The van der Waals surface area contributed by atoms with E-state index in [1.54, 1.807) is 0 Å². The molecule has 1 aliphatic rings. The van der Waals surface area contributed by atoms with Crippen LogP contribution >= 0.6 is 0 Å². The molecule has 0 bridgehead atoms. The van der Waals surface area contributed by atoms with Crippen LogP contribution in [0.5, 0.6) is 0 Å². The Balaban J connectivity index is 1.93. The highest BCUT2D eigenvalue weighted by molar-refractivity contribution is 5.88. The molecule has 0 aromatic carbocycles. The van der Waals surface area contributed by atoms with Gasteiger partial charge in [-0.25, -0.2) is 4.98 Å². The SMILES string of the molecule is N#CCC[NH2+]c1ncnc(NCCC2=CCCCCC2)c1C=N. The van der Waals surface area contributed by atoms with Crippen LogP contribution in [0.4, 0.5) is 11.6 Å². The lowest BCUT2D eigenvalue weighted by Gasteiger charge is -2.11. The molecule has 0 unspecified atom stereocenters. The number of nitrogens with one attached hydrogen (secondary N) is 2. The highest BCUT2D eigenvalue weighted by Crippen LogP contribution is 2.20. The molecule has 0 saturated heterocycles. The van der Waals surface area contributed by atoms with E-state index in [0.717, 1.165) is 18.8 Å². The van der Waals surface area contributed by atoms with Crippen LogP contribution in [-0.4, -0.2) is 29.3 Å². The third kappa shape index (κ3) is 5.46. The van der Waals surface area contributed by atoms with Gasteiger partial charge in [-0.1, -0.05) is 18.1 Å². The van der Waals surface area contributed by atoms with Gasteiger partial charge in [-0.3, -0.25) is 5.32 Å². The summed E-state index contributed by atoms with van der Waals surface area (Å²) >= 11 is 0. The highest BCUT2D eigenvalue weighted by atomic mass is 15.1. The van der Waals surface area contributed by atoms with Gasteiger partial charge < -0.3 is 10.7 Å². The maximum Gasteiger partial charge on any atom is 0.238 e. The summed E-state index contributed by atoms with van der Waals surface area (Å²) in [6.07, 6.45) is 13.0. The second-order valence-electron chi connectivity index (χ2n) is 5.70. The lowest BCUT2D eigenvalue weighted by molar-refractivity contribution is -0.574. The molecule has 122 valence electrons. The summed E-state index contributed by atoms with van der Waals surface area (Å²) in [5.41, 5.74) is 2.22. The van der Waals surface area contributed by atoms with Crippen molar-refractivity contribution in [3.63, 3.8) is 0 Å². The van der Waals surface area contributed by atoms with Crippen LogP contribution in [0.1, 0.15) is 50.5 Å². The molecule has 0 radical (unpaired) electrons. The zero-order valence-corrected chi connectivity index (χ0v) is 13.5. The molecule has 0 aliphatic heterocycles. The summed E-state index contributed by atoms with van der Waals surface area (Å²) in [7, 11) is 0. The van der Waals surface area contributed by atoms with Crippen molar-refractivity contribution in [1.29, 1.82) is 10.7 Å². The largest absolute Gasteiger partial charge is 0.369 e. The second-order valence-corrected chi connectivity index (χ2v) is 5.70. The molecule has 1 aromatic rings. The molecule has 1 heterocycles. The minimum atomic E-state index is 0.457. The van der Waals surface area contributed by atoms with E-state index in [0.29, 0.717) is 24.3 Å². The van der Waals surface area contributed by atoms with Crippen LogP contribution < -0.4 is 10.6 Å². The van der Waals surface area contributed by atoms with Crippen LogP contribution in [0.15, 0.2) is 18.0 Å².